The second-order valence-corrected chi connectivity index (χ2v) is 8.91. The van der Waals surface area contributed by atoms with Gasteiger partial charge in [-0.2, -0.15) is 10.2 Å². The predicted molar refractivity (Wildman–Crippen MR) is 128 cm³/mol. The van der Waals surface area contributed by atoms with E-state index >= 15 is 0 Å². The summed E-state index contributed by atoms with van der Waals surface area (Å²) in [7, 11) is 0. The maximum atomic E-state index is 13.2. The second kappa shape index (κ2) is 9.78. The lowest BCUT2D eigenvalue weighted by Gasteiger charge is -2.25. The first-order valence-corrected chi connectivity index (χ1v) is 11.2. The van der Waals surface area contributed by atoms with E-state index in [1.165, 1.54) is 6.20 Å². The third kappa shape index (κ3) is 5.11. The average molecular weight is 481 g/mol. The summed E-state index contributed by atoms with van der Waals surface area (Å²) in [5.74, 6) is 2.93. The maximum Gasteiger partial charge on any atom is 0.255 e. The standard InChI is InChI=1S/C25H22Cl2N4O2/c1-4-17-5-8-24(28-11-17)33-16(3)20-13-31(25(32)19-9-15(2)30-29-12-19)14-21(20)18-6-7-22(26)23(27)10-18/h1,5-12,16,20-21H,13-14H2,2-3H3/t16-,20+,21+/m0/s1. The molecule has 0 bridgehead atoms. The summed E-state index contributed by atoms with van der Waals surface area (Å²) in [6.07, 6.45) is 8.27. The highest BCUT2D eigenvalue weighted by atomic mass is 35.5. The Kier molecular flexibility index (Phi) is 6.83. The molecule has 1 amide bonds. The van der Waals surface area contributed by atoms with Gasteiger partial charge in [-0.3, -0.25) is 4.79 Å². The molecule has 0 spiro atoms. The molecule has 33 heavy (non-hydrogen) atoms. The van der Waals surface area contributed by atoms with E-state index in [9.17, 15) is 4.79 Å². The lowest BCUT2D eigenvalue weighted by molar-refractivity contribution is 0.0769. The molecule has 6 nitrogen and oxygen atoms in total. The van der Waals surface area contributed by atoms with Gasteiger partial charge in [0.1, 0.15) is 6.10 Å². The topological polar surface area (TPSA) is 68.2 Å². The molecule has 0 N–H and O–H groups in total. The number of terminal acetylenes is 1. The van der Waals surface area contributed by atoms with Crippen molar-refractivity contribution in [3.05, 3.63) is 81.2 Å². The van der Waals surface area contributed by atoms with Crippen molar-refractivity contribution in [3.8, 4) is 18.2 Å². The number of aromatic nitrogens is 3. The average Bonchev–Trinajstić information content (AvgIpc) is 3.26. The van der Waals surface area contributed by atoms with Crippen LogP contribution in [0.2, 0.25) is 10.0 Å². The Labute approximate surface area is 202 Å². The summed E-state index contributed by atoms with van der Waals surface area (Å²) >= 11 is 12.4. The van der Waals surface area contributed by atoms with Gasteiger partial charge in [-0.05, 0) is 43.7 Å². The van der Waals surface area contributed by atoms with Crippen LogP contribution in [0.5, 0.6) is 5.88 Å². The van der Waals surface area contributed by atoms with Crippen LogP contribution in [0.3, 0.4) is 0 Å². The summed E-state index contributed by atoms with van der Waals surface area (Å²) in [4.78, 5) is 19.4. The minimum atomic E-state index is -0.233. The number of likely N-dealkylation sites (tertiary alicyclic amines) is 1. The number of hydrogen-bond donors (Lipinski definition) is 0. The van der Waals surface area contributed by atoms with E-state index in [0.29, 0.717) is 45.8 Å². The number of aryl methyl sites for hydroxylation is 1. The minimum Gasteiger partial charge on any atom is -0.474 e. The molecule has 3 aromatic rings. The number of carbonyl (C=O) groups excluding carboxylic acids is 1. The number of halogens is 2. The quantitative estimate of drug-likeness (QED) is 0.491. The van der Waals surface area contributed by atoms with E-state index in [4.69, 9.17) is 34.4 Å². The van der Waals surface area contributed by atoms with Crippen LogP contribution in [0.1, 0.15) is 40.0 Å². The Morgan fingerprint density at radius 3 is 2.67 bits per heavy atom. The molecule has 1 aliphatic heterocycles. The number of pyridine rings is 1. The Bertz CT molecular complexity index is 1210. The van der Waals surface area contributed by atoms with Crippen molar-refractivity contribution in [2.75, 3.05) is 13.1 Å². The molecule has 8 heteroatoms. The smallest absolute Gasteiger partial charge is 0.255 e. The number of amides is 1. The van der Waals surface area contributed by atoms with Gasteiger partial charge >= 0.3 is 0 Å². The van der Waals surface area contributed by atoms with E-state index in [-0.39, 0.29) is 23.8 Å². The molecule has 0 radical (unpaired) electrons. The van der Waals surface area contributed by atoms with Gasteiger partial charge in [0.05, 0.1) is 27.5 Å². The Morgan fingerprint density at radius 2 is 2.00 bits per heavy atom. The SMILES string of the molecule is C#Cc1ccc(O[C@@H](C)[C@H]2CN(C(=O)c3cnnc(C)c3)C[C@@H]2c2ccc(Cl)c(Cl)c2)nc1. The molecule has 3 atom stereocenters. The van der Waals surface area contributed by atoms with Crippen LogP contribution in [0.4, 0.5) is 0 Å². The monoisotopic (exact) mass is 480 g/mol. The lowest BCUT2D eigenvalue weighted by Crippen LogP contribution is -2.32. The first kappa shape index (κ1) is 23.0. The van der Waals surface area contributed by atoms with Crippen LogP contribution < -0.4 is 4.74 Å². The van der Waals surface area contributed by atoms with Gasteiger partial charge in [0.2, 0.25) is 5.88 Å². The van der Waals surface area contributed by atoms with E-state index in [0.717, 1.165) is 5.56 Å². The number of benzene rings is 1. The molecule has 0 aliphatic carbocycles. The number of nitrogens with zero attached hydrogens (tertiary/aromatic N) is 4. The first-order chi connectivity index (χ1) is 15.9. The van der Waals surface area contributed by atoms with Gasteiger partial charge in [-0.1, -0.05) is 35.2 Å². The summed E-state index contributed by atoms with van der Waals surface area (Å²) in [6.45, 7) is 4.82. The molecule has 1 fully saturated rings. The van der Waals surface area contributed by atoms with E-state index < -0.39 is 0 Å². The van der Waals surface area contributed by atoms with Gasteiger partial charge in [0, 0.05) is 42.8 Å². The second-order valence-electron chi connectivity index (χ2n) is 8.09. The molecular weight excluding hydrogens is 459 g/mol. The number of hydrogen-bond acceptors (Lipinski definition) is 5. The van der Waals surface area contributed by atoms with Crippen molar-refractivity contribution in [2.24, 2.45) is 5.92 Å². The molecular formula is C25H22Cl2N4O2. The van der Waals surface area contributed by atoms with Gasteiger partial charge in [-0.15, -0.1) is 6.42 Å². The molecule has 4 rings (SSSR count). The normalized spacial score (nSPS) is 18.6. The summed E-state index contributed by atoms with van der Waals surface area (Å²) in [5.41, 5.74) is 2.88. The zero-order valence-electron chi connectivity index (χ0n) is 18.2. The summed E-state index contributed by atoms with van der Waals surface area (Å²) in [6, 6.07) is 10.9. The van der Waals surface area contributed by atoms with Crippen molar-refractivity contribution in [1.29, 1.82) is 0 Å². The molecule has 1 aromatic carbocycles. The van der Waals surface area contributed by atoms with Crippen molar-refractivity contribution >= 4 is 29.1 Å². The van der Waals surface area contributed by atoms with Crippen LogP contribution in [-0.4, -0.2) is 45.2 Å². The van der Waals surface area contributed by atoms with Gasteiger partial charge in [0.25, 0.3) is 5.91 Å². The van der Waals surface area contributed by atoms with Gasteiger partial charge in [-0.25, -0.2) is 4.98 Å². The van der Waals surface area contributed by atoms with Crippen molar-refractivity contribution in [3.63, 3.8) is 0 Å². The largest absolute Gasteiger partial charge is 0.474 e. The van der Waals surface area contributed by atoms with E-state index in [1.54, 1.807) is 30.5 Å². The van der Waals surface area contributed by atoms with Crippen LogP contribution in [-0.2, 0) is 0 Å². The Morgan fingerprint density at radius 1 is 1.18 bits per heavy atom. The molecule has 1 aliphatic rings. The molecule has 3 heterocycles. The minimum absolute atomic E-state index is 0.000378. The molecule has 1 saturated heterocycles. The molecule has 168 valence electrons. The van der Waals surface area contributed by atoms with Gasteiger partial charge < -0.3 is 9.64 Å². The third-order valence-electron chi connectivity index (χ3n) is 5.86. The van der Waals surface area contributed by atoms with Crippen molar-refractivity contribution in [1.82, 2.24) is 20.1 Å². The molecule has 0 unspecified atom stereocenters. The van der Waals surface area contributed by atoms with Gasteiger partial charge in [0.15, 0.2) is 0 Å². The first-order valence-electron chi connectivity index (χ1n) is 10.5. The number of carbonyl (C=O) groups is 1. The van der Waals surface area contributed by atoms with Crippen LogP contribution >= 0.6 is 23.2 Å². The summed E-state index contributed by atoms with van der Waals surface area (Å²) < 4.78 is 6.16. The van der Waals surface area contributed by atoms with E-state index in [2.05, 4.69) is 21.1 Å². The fourth-order valence-corrected chi connectivity index (χ4v) is 4.46. The zero-order chi connectivity index (χ0) is 23.5. The van der Waals surface area contributed by atoms with Crippen molar-refractivity contribution < 1.29 is 9.53 Å². The highest BCUT2D eigenvalue weighted by molar-refractivity contribution is 6.42. The van der Waals surface area contributed by atoms with Crippen molar-refractivity contribution in [2.45, 2.75) is 25.9 Å². The van der Waals surface area contributed by atoms with E-state index in [1.807, 2.05) is 30.9 Å². The van der Waals surface area contributed by atoms with Crippen LogP contribution in [0.25, 0.3) is 0 Å². The highest BCUT2D eigenvalue weighted by Gasteiger charge is 2.40. The molecule has 0 saturated carbocycles. The van der Waals surface area contributed by atoms with Crippen LogP contribution in [0.15, 0.2) is 48.8 Å². The van der Waals surface area contributed by atoms with Crippen LogP contribution in [0, 0.1) is 25.2 Å². The fraction of sp³-hybridized carbons (Fsp3) is 0.280. The molecule has 2 aromatic heterocycles. The zero-order valence-corrected chi connectivity index (χ0v) is 19.7. The fourth-order valence-electron chi connectivity index (χ4n) is 4.15. The Hall–Kier alpha value is -3.14. The maximum absolute atomic E-state index is 13.2. The Balaban J connectivity index is 1.61. The predicted octanol–water partition coefficient (Wildman–Crippen LogP) is 4.79. The number of ether oxygens (including phenoxy) is 1. The highest BCUT2D eigenvalue weighted by Crippen LogP contribution is 2.38. The lowest BCUT2D eigenvalue weighted by atomic mass is 9.86. The number of rotatable bonds is 5. The summed E-state index contributed by atoms with van der Waals surface area (Å²) in [5, 5.41) is 8.83. The third-order valence-corrected chi connectivity index (χ3v) is 6.60.